The number of hydrogen-bond acceptors (Lipinski definition) is 2. The van der Waals surface area contributed by atoms with E-state index in [1.807, 2.05) is 6.92 Å². The molecular weight excluding hydrogens is 222 g/mol. The third-order valence-corrected chi connectivity index (χ3v) is 5.38. The van der Waals surface area contributed by atoms with Crippen LogP contribution < -0.4 is 5.32 Å². The number of furan rings is 1. The Morgan fingerprint density at radius 3 is 2.11 bits per heavy atom. The molecule has 18 heavy (non-hydrogen) atoms. The molecule has 1 fully saturated rings. The fourth-order valence-electron chi connectivity index (χ4n) is 3.44. The number of rotatable bonds is 4. The second-order valence-corrected chi connectivity index (χ2v) is 6.84. The topological polar surface area (TPSA) is 25.2 Å². The second kappa shape index (κ2) is 4.12. The Balaban J connectivity index is 2.31. The van der Waals surface area contributed by atoms with Gasteiger partial charge in [0, 0.05) is 0 Å². The van der Waals surface area contributed by atoms with Crippen molar-refractivity contribution in [2.45, 2.75) is 54.5 Å². The Kier molecular flexibility index (Phi) is 3.13. The van der Waals surface area contributed by atoms with Gasteiger partial charge in [0.15, 0.2) is 0 Å². The molecule has 102 valence electrons. The normalized spacial score (nSPS) is 23.1. The van der Waals surface area contributed by atoms with Crippen molar-refractivity contribution in [1.29, 1.82) is 0 Å². The molecule has 1 aliphatic rings. The number of aryl methyl sites for hydroxylation is 2. The van der Waals surface area contributed by atoms with Gasteiger partial charge in [0.25, 0.3) is 0 Å². The summed E-state index contributed by atoms with van der Waals surface area (Å²) < 4.78 is 5.95. The third kappa shape index (κ3) is 1.82. The average Bonchev–Trinajstić information content (AvgIpc) is 2.54. The second-order valence-electron chi connectivity index (χ2n) is 6.84. The van der Waals surface area contributed by atoms with Gasteiger partial charge in [0.05, 0.1) is 6.04 Å². The van der Waals surface area contributed by atoms with E-state index < -0.39 is 0 Å². The fraction of sp³-hybridized carbons (Fsp3) is 0.750. The molecular formula is C16H27NO. The van der Waals surface area contributed by atoms with Crippen molar-refractivity contribution >= 4 is 0 Å². The van der Waals surface area contributed by atoms with Crippen molar-refractivity contribution in [1.82, 2.24) is 5.32 Å². The van der Waals surface area contributed by atoms with E-state index in [0.717, 1.165) is 18.1 Å². The van der Waals surface area contributed by atoms with Crippen LogP contribution in [0, 0.1) is 30.6 Å². The lowest BCUT2D eigenvalue weighted by Gasteiger charge is -2.18. The Hall–Kier alpha value is -0.760. The molecule has 0 amide bonds. The highest BCUT2D eigenvalue weighted by Crippen LogP contribution is 2.72. The van der Waals surface area contributed by atoms with Crippen molar-refractivity contribution in [2.75, 3.05) is 6.54 Å². The quantitative estimate of drug-likeness (QED) is 0.864. The first-order chi connectivity index (χ1) is 8.23. The van der Waals surface area contributed by atoms with Crippen LogP contribution in [0.1, 0.15) is 57.7 Å². The fourth-order valence-corrected chi connectivity index (χ4v) is 3.44. The average molecular weight is 249 g/mol. The minimum absolute atomic E-state index is 0.340. The van der Waals surface area contributed by atoms with Crippen LogP contribution in [0.3, 0.4) is 0 Å². The molecule has 1 heterocycles. The molecule has 1 aliphatic carbocycles. The van der Waals surface area contributed by atoms with Crippen molar-refractivity contribution in [3.05, 3.63) is 23.2 Å². The first kappa shape index (κ1) is 13.7. The molecule has 2 heteroatoms. The van der Waals surface area contributed by atoms with Crippen LogP contribution in [0.15, 0.2) is 10.5 Å². The molecule has 1 atom stereocenters. The van der Waals surface area contributed by atoms with Gasteiger partial charge >= 0.3 is 0 Å². The van der Waals surface area contributed by atoms with Gasteiger partial charge in [-0.25, -0.2) is 0 Å². The summed E-state index contributed by atoms with van der Waals surface area (Å²) in [7, 11) is 0. The number of hydrogen-bond donors (Lipinski definition) is 1. The van der Waals surface area contributed by atoms with E-state index in [1.54, 1.807) is 0 Å². The van der Waals surface area contributed by atoms with E-state index in [0.29, 0.717) is 22.8 Å². The van der Waals surface area contributed by atoms with Crippen LogP contribution in [-0.2, 0) is 0 Å². The number of nitrogens with one attached hydrogen (secondary N) is 1. The van der Waals surface area contributed by atoms with Crippen LogP contribution in [0.25, 0.3) is 0 Å². The Bertz CT molecular complexity index is 408. The first-order valence-electron chi connectivity index (χ1n) is 7.03. The van der Waals surface area contributed by atoms with E-state index in [9.17, 15) is 0 Å². The summed E-state index contributed by atoms with van der Waals surface area (Å²) in [6.45, 7) is 16.8. The summed E-state index contributed by atoms with van der Waals surface area (Å²) in [6.07, 6.45) is 0. The minimum atomic E-state index is 0.340. The molecule has 1 N–H and O–H groups in total. The van der Waals surface area contributed by atoms with Crippen molar-refractivity contribution in [2.24, 2.45) is 16.7 Å². The van der Waals surface area contributed by atoms with Crippen molar-refractivity contribution in [3.8, 4) is 0 Å². The largest absolute Gasteiger partial charge is 0.464 e. The Labute approximate surface area is 111 Å². The maximum absolute atomic E-state index is 5.95. The van der Waals surface area contributed by atoms with Crippen LogP contribution >= 0.6 is 0 Å². The zero-order valence-electron chi connectivity index (χ0n) is 12.8. The molecule has 0 aromatic carbocycles. The van der Waals surface area contributed by atoms with Gasteiger partial charge in [0.1, 0.15) is 11.5 Å². The molecule has 0 aliphatic heterocycles. The molecule has 1 aromatic rings. The Morgan fingerprint density at radius 2 is 1.78 bits per heavy atom. The summed E-state index contributed by atoms with van der Waals surface area (Å²) in [5.41, 5.74) is 1.99. The zero-order chi connectivity index (χ0) is 13.7. The van der Waals surface area contributed by atoms with Crippen LogP contribution in [0.5, 0.6) is 0 Å². The Morgan fingerprint density at radius 1 is 1.22 bits per heavy atom. The van der Waals surface area contributed by atoms with E-state index in [4.69, 9.17) is 4.42 Å². The van der Waals surface area contributed by atoms with Crippen molar-refractivity contribution in [3.63, 3.8) is 0 Å². The maximum atomic E-state index is 5.95. The van der Waals surface area contributed by atoms with Gasteiger partial charge in [-0.1, -0.05) is 34.6 Å². The smallest absolute Gasteiger partial charge is 0.121 e. The van der Waals surface area contributed by atoms with Gasteiger partial charge in [-0.05, 0) is 48.8 Å². The highest BCUT2D eigenvalue weighted by atomic mass is 16.3. The molecule has 2 rings (SSSR count). The van der Waals surface area contributed by atoms with Gasteiger partial charge in [-0.15, -0.1) is 0 Å². The lowest BCUT2D eigenvalue weighted by atomic mass is 10.0. The van der Waals surface area contributed by atoms with Crippen LogP contribution in [0.4, 0.5) is 0 Å². The van der Waals surface area contributed by atoms with Gasteiger partial charge in [-0.3, -0.25) is 0 Å². The highest BCUT2D eigenvalue weighted by Gasteiger charge is 2.67. The predicted molar refractivity (Wildman–Crippen MR) is 75.7 cm³/mol. The summed E-state index contributed by atoms with van der Waals surface area (Å²) >= 11 is 0. The standard InChI is InChI=1S/C16H27NO/c1-8-17-13(12-9-10(2)11(3)18-12)14-15(4,5)16(14,6)7/h9,13-14,17H,8H2,1-7H3. The summed E-state index contributed by atoms with van der Waals surface area (Å²) in [6, 6.07) is 2.54. The molecule has 0 bridgehead atoms. The SMILES string of the molecule is CCNC(c1cc(C)c(C)o1)C1C(C)(C)C1(C)C. The third-order valence-electron chi connectivity index (χ3n) is 5.38. The predicted octanol–water partition coefficient (Wildman–Crippen LogP) is 4.23. The van der Waals surface area contributed by atoms with Gasteiger partial charge in [0.2, 0.25) is 0 Å². The first-order valence-corrected chi connectivity index (χ1v) is 7.03. The van der Waals surface area contributed by atoms with Crippen molar-refractivity contribution < 1.29 is 4.42 Å². The summed E-state index contributed by atoms with van der Waals surface area (Å²) in [5.74, 6) is 2.79. The minimum Gasteiger partial charge on any atom is -0.464 e. The summed E-state index contributed by atoms with van der Waals surface area (Å²) in [4.78, 5) is 0. The maximum Gasteiger partial charge on any atom is 0.121 e. The highest BCUT2D eigenvalue weighted by molar-refractivity contribution is 5.26. The molecule has 0 saturated heterocycles. The van der Waals surface area contributed by atoms with E-state index in [2.05, 4.69) is 52.9 Å². The van der Waals surface area contributed by atoms with E-state index >= 15 is 0 Å². The lowest BCUT2D eigenvalue weighted by Crippen LogP contribution is -2.24. The van der Waals surface area contributed by atoms with Crippen LogP contribution in [-0.4, -0.2) is 6.54 Å². The van der Waals surface area contributed by atoms with Gasteiger partial charge in [-0.2, -0.15) is 0 Å². The molecule has 1 unspecified atom stereocenters. The summed E-state index contributed by atoms with van der Waals surface area (Å²) in [5, 5.41) is 3.62. The molecule has 1 aromatic heterocycles. The monoisotopic (exact) mass is 249 g/mol. The van der Waals surface area contributed by atoms with Crippen LogP contribution in [0.2, 0.25) is 0 Å². The van der Waals surface area contributed by atoms with E-state index in [1.165, 1.54) is 5.56 Å². The molecule has 0 spiro atoms. The molecule has 1 saturated carbocycles. The van der Waals surface area contributed by atoms with Gasteiger partial charge < -0.3 is 9.73 Å². The molecule has 0 radical (unpaired) electrons. The molecule has 2 nitrogen and oxygen atoms in total. The zero-order valence-corrected chi connectivity index (χ0v) is 12.8. The lowest BCUT2D eigenvalue weighted by molar-refractivity contribution is 0.340. The van der Waals surface area contributed by atoms with E-state index in [-0.39, 0.29) is 0 Å².